The second-order valence-corrected chi connectivity index (χ2v) is 5.71. The van der Waals surface area contributed by atoms with Crippen LogP contribution in [0.2, 0.25) is 0 Å². The van der Waals surface area contributed by atoms with Crippen molar-refractivity contribution in [1.29, 1.82) is 0 Å². The lowest BCUT2D eigenvalue weighted by atomic mass is 9.90. The van der Waals surface area contributed by atoms with Gasteiger partial charge in [0.15, 0.2) is 0 Å². The highest BCUT2D eigenvalue weighted by Crippen LogP contribution is 2.37. The van der Waals surface area contributed by atoms with Gasteiger partial charge < -0.3 is 5.32 Å². The average molecular weight is 305 g/mol. The highest BCUT2D eigenvalue weighted by molar-refractivity contribution is 5.93. The summed E-state index contributed by atoms with van der Waals surface area (Å²) >= 11 is 0. The summed E-state index contributed by atoms with van der Waals surface area (Å²) in [6.07, 6.45) is 4.10. The summed E-state index contributed by atoms with van der Waals surface area (Å²) < 4.78 is 13.2. The molecule has 1 unspecified atom stereocenters. The van der Waals surface area contributed by atoms with Crippen LogP contribution < -0.4 is 5.32 Å². The van der Waals surface area contributed by atoms with Crippen LogP contribution in [0.25, 0.3) is 16.8 Å². The summed E-state index contributed by atoms with van der Waals surface area (Å²) in [5.74, 6) is -0.245. The van der Waals surface area contributed by atoms with Crippen molar-refractivity contribution in [3.05, 3.63) is 77.7 Å². The molecule has 0 radical (unpaired) electrons. The van der Waals surface area contributed by atoms with Crippen molar-refractivity contribution >= 4 is 11.3 Å². The summed E-state index contributed by atoms with van der Waals surface area (Å²) in [6, 6.07) is 14.9. The van der Waals surface area contributed by atoms with Crippen molar-refractivity contribution in [2.45, 2.75) is 13.0 Å². The first-order valence-corrected chi connectivity index (χ1v) is 7.60. The molecule has 0 bridgehead atoms. The third-order valence-corrected chi connectivity index (χ3v) is 4.07. The summed E-state index contributed by atoms with van der Waals surface area (Å²) in [4.78, 5) is 0. The van der Waals surface area contributed by atoms with E-state index >= 15 is 0 Å². The van der Waals surface area contributed by atoms with Crippen LogP contribution in [0, 0.1) is 5.82 Å². The van der Waals surface area contributed by atoms with E-state index in [0.717, 1.165) is 33.6 Å². The first kappa shape index (κ1) is 13.8. The van der Waals surface area contributed by atoms with E-state index in [1.54, 1.807) is 12.1 Å². The maximum Gasteiger partial charge on any atom is 0.123 e. The largest absolute Gasteiger partial charge is 0.379 e. The standard InChI is InChI=1S/C19H16FN3/c1-12-10-16(15-4-2-3-5-18(15)22-12)17-11-21-23-19(17)13-6-8-14(20)9-7-13/h2-12,22H,1H3,(H,21,23). The normalized spacial score (nSPS) is 16.4. The molecule has 2 heterocycles. The molecule has 4 rings (SSSR count). The molecule has 0 aliphatic carbocycles. The Balaban J connectivity index is 1.86. The van der Waals surface area contributed by atoms with E-state index in [1.807, 2.05) is 18.3 Å². The smallest absolute Gasteiger partial charge is 0.123 e. The molecular weight excluding hydrogens is 289 g/mol. The minimum Gasteiger partial charge on any atom is -0.379 e. The van der Waals surface area contributed by atoms with Gasteiger partial charge in [-0.3, -0.25) is 5.10 Å². The van der Waals surface area contributed by atoms with Crippen molar-refractivity contribution in [2.75, 3.05) is 5.32 Å². The van der Waals surface area contributed by atoms with Crippen LogP contribution in [-0.2, 0) is 0 Å². The van der Waals surface area contributed by atoms with Crippen LogP contribution in [0.1, 0.15) is 18.1 Å². The molecule has 1 aromatic heterocycles. The Morgan fingerprint density at radius 3 is 2.61 bits per heavy atom. The van der Waals surface area contributed by atoms with Crippen molar-refractivity contribution in [2.24, 2.45) is 0 Å². The van der Waals surface area contributed by atoms with Gasteiger partial charge in [-0.15, -0.1) is 0 Å². The van der Waals surface area contributed by atoms with Gasteiger partial charge in [0.05, 0.1) is 5.69 Å². The molecule has 0 saturated carbocycles. The number of halogens is 1. The molecule has 23 heavy (non-hydrogen) atoms. The zero-order valence-electron chi connectivity index (χ0n) is 12.7. The molecule has 4 heteroatoms. The monoisotopic (exact) mass is 305 g/mol. The lowest BCUT2D eigenvalue weighted by Gasteiger charge is -2.24. The van der Waals surface area contributed by atoms with Crippen molar-refractivity contribution in [3.8, 4) is 11.3 Å². The molecular formula is C19H16FN3. The number of hydrogen-bond acceptors (Lipinski definition) is 2. The molecule has 3 nitrogen and oxygen atoms in total. The Hall–Kier alpha value is -2.88. The summed E-state index contributed by atoms with van der Waals surface area (Å²) in [5.41, 5.74) is 6.16. The maximum atomic E-state index is 13.2. The van der Waals surface area contributed by atoms with Gasteiger partial charge in [-0.25, -0.2) is 4.39 Å². The van der Waals surface area contributed by atoms with E-state index in [9.17, 15) is 4.39 Å². The van der Waals surface area contributed by atoms with E-state index in [1.165, 1.54) is 12.1 Å². The predicted octanol–water partition coefficient (Wildman–Crippen LogP) is 4.46. The third kappa shape index (κ3) is 2.42. The van der Waals surface area contributed by atoms with Crippen LogP contribution in [-0.4, -0.2) is 16.2 Å². The molecule has 0 fully saturated rings. The van der Waals surface area contributed by atoms with Gasteiger partial charge in [-0.05, 0) is 42.8 Å². The first-order chi connectivity index (χ1) is 11.2. The van der Waals surface area contributed by atoms with Crippen LogP contribution in [0.15, 0.2) is 60.8 Å². The zero-order chi connectivity index (χ0) is 15.8. The van der Waals surface area contributed by atoms with Gasteiger partial charge in [-0.1, -0.05) is 24.3 Å². The molecule has 2 aromatic carbocycles. The van der Waals surface area contributed by atoms with E-state index < -0.39 is 0 Å². The van der Waals surface area contributed by atoms with Gasteiger partial charge in [0.1, 0.15) is 5.82 Å². The molecule has 2 N–H and O–H groups in total. The number of benzene rings is 2. The fourth-order valence-corrected chi connectivity index (χ4v) is 3.03. The lowest BCUT2D eigenvalue weighted by Crippen LogP contribution is -2.18. The van der Waals surface area contributed by atoms with Gasteiger partial charge >= 0.3 is 0 Å². The highest BCUT2D eigenvalue weighted by atomic mass is 19.1. The highest BCUT2D eigenvalue weighted by Gasteiger charge is 2.21. The minimum atomic E-state index is -0.245. The van der Waals surface area contributed by atoms with E-state index in [0.29, 0.717) is 0 Å². The third-order valence-electron chi connectivity index (χ3n) is 4.07. The quantitative estimate of drug-likeness (QED) is 0.734. The topological polar surface area (TPSA) is 40.7 Å². The Kier molecular flexibility index (Phi) is 3.23. The second-order valence-electron chi connectivity index (χ2n) is 5.71. The van der Waals surface area contributed by atoms with Crippen molar-refractivity contribution in [1.82, 2.24) is 10.2 Å². The molecule has 3 aromatic rings. The summed E-state index contributed by atoms with van der Waals surface area (Å²) in [5, 5.41) is 10.8. The Labute approximate surface area is 133 Å². The number of aromatic amines is 1. The number of rotatable bonds is 2. The number of nitrogens with zero attached hydrogens (tertiary/aromatic N) is 1. The Morgan fingerprint density at radius 2 is 1.78 bits per heavy atom. The van der Waals surface area contributed by atoms with Gasteiger partial charge in [0.25, 0.3) is 0 Å². The van der Waals surface area contributed by atoms with E-state index in [4.69, 9.17) is 0 Å². The average Bonchev–Trinajstić information content (AvgIpc) is 3.04. The van der Waals surface area contributed by atoms with Gasteiger partial charge in [0, 0.05) is 34.6 Å². The Bertz CT molecular complexity index is 878. The summed E-state index contributed by atoms with van der Waals surface area (Å²) in [7, 11) is 0. The van der Waals surface area contributed by atoms with Crippen molar-refractivity contribution in [3.63, 3.8) is 0 Å². The fraction of sp³-hybridized carbons (Fsp3) is 0.105. The number of para-hydroxylation sites is 1. The molecule has 0 saturated heterocycles. The maximum absolute atomic E-state index is 13.2. The molecule has 1 aliphatic heterocycles. The van der Waals surface area contributed by atoms with Gasteiger partial charge in [0.2, 0.25) is 0 Å². The molecule has 114 valence electrons. The van der Waals surface area contributed by atoms with Crippen LogP contribution in [0.3, 0.4) is 0 Å². The number of H-pyrrole nitrogens is 1. The zero-order valence-corrected chi connectivity index (χ0v) is 12.7. The van der Waals surface area contributed by atoms with Crippen LogP contribution in [0.4, 0.5) is 10.1 Å². The number of nitrogens with one attached hydrogen (secondary N) is 2. The first-order valence-electron chi connectivity index (χ1n) is 7.60. The van der Waals surface area contributed by atoms with Crippen LogP contribution >= 0.6 is 0 Å². The van der Waals surface area contributed by atoms with E-state index in [2.05, 4.69) is 40.6 Å². The molecule has 1 atom stereocenters. The number of fused-ring (bicyclic) bond motifs is 1. The van der Waals surface area contributed by atoms with Crippen LogP contribution in [0.5, 0.6) is 0 Å². The molecule has 1 aliphatic rings. The fourth-order valence-electron chi connectivity index (χ4n) is 3.03. The van der Waals surface area contributed by atoms with Gasteiger partial charge in [-0.2, -0.15) is 5.10 Å². The number of anilines is 1. The number of hydrogen-bond donors (Lipinski definition) is 2. The Morgan fingerprint density at radius 1 is 1.00 bits per heavy atom. The second kappa shape index (κ2) is 5.39. The summed E-state index contributed by atoms with van der Waals surface area (Å²) in [6.45, 7) is 2.12. The predicted molar refractivity (Wildman–Crippen MR) is 90.6 cm³/mol. The van der Waals surface area contributed by atoms with E-state index in [-0.39, 0.29) is 11.9 Å². The SMILES string of the molecule is CC1C=C(c2c[nH]nc2-c2ccc(F)cc2)c2ccccc2N1. The number of aromatic nitrogens is 2. The van der Waals surface area contributed by atoms with Crippen molar-refractivity contribution < 1.29 is 4.39 Å². The lowest BCUT2D eigenvalue weighted by molar-refractivity contribution is 0.628. The molecule has 0 spiro atoms. The minimum absolute atomic E-state index is 0.232. The molecule has 0 amide bonds.